The average molecular weight is 208 g/mol. The molecule has 0 amide bonds. The van der Waals surface area contributed by atoms with Crippen molar-refractivity contribution < 1.29 is 25.5 Å². The summed E-state index contributed by atoms with van der Waals surface area (Å²) in [4.78, 5) is 0. The van der Waals surface area contributed by atoms with Crippen LogP contribution in [0.2, 0.25) is 0 Å². The SMILES string of the molecule is CC(CO)(CC(O)CO)C(CO)CO. The van der Waals surface area contributed by atoms with Crippen LogP contribution in [0.4, 0.5) is 0 Å². The predicted molar refractivity (Wildman–Crippen MR) is 50.6 cm³/mol. The van der Waals surface area contributed by atoms with Crippen LogP contribution in [-0.4, -0.2) is 58.1 Å². The van der Waals surface area contributed by atoms with E-state index in [1.54, 1.807) is 6.92 Å². The molecule has 0 fully saturated rings. The first-order valence-electron chi connectivity index (χ1n) is 4.65. The molecule has 2 atom stereocenters. The van der Waals surface area contributed by atoms with E-state index >= 15 is 0 Å². The molecular formula is C9H20O5. The van der Waals surface area contributed by atoms with Gasteiger partial charge in [0.25, 0.3) is 0 Å². The fourth-order valence-electron chi connectivity index (χ4n) is 1.46. The van der Waals surface area contributed by atoms with E-state index < -0.39 is 17.4 Å². The molecule has 0 rings (SSSR count). The second kappa shape index (κ2) is 6.31. The molecule has 5 N–H and O–H groups in total. The maximum Gasteiger partial charge on any atom is 0.0777 e. The lowest BCUT2D eigenvalue weighted by atomic mass is 9.74. The topological polar surface area (TPSA) is 101 Å². The Kier molecular flexibility index (Phi) is 6.22. The van der Waals surface area contributed by atoms with E-state index in [1.807, 2.05) is 0 Å². The van der Waals surface area contributed by atoms with Crippen LogP contribution in [0.5, 0.6) is 0 Å². The Labute approximate surface area is 83.6 Å². The first-order chi connectivity index (χ1) is 6.53. The highest BCUT2D eigenvalue weighted by Gasteiger charge is 2.34. The highest BCUT2D eigenvalue weighted by Crippen LogP contribution is 2.31. The Morgan fingerprint density at radius 1 is 1.00 bits per heavy atom. The average Bonchev–Trinajstić information content (AvgIpc) is 2.19. The van der Waals surface area contributed by atoms with E-state index in [4.69, 9.17) is 20.4 Å². The molecule has 14 heavy (non-hydrogen) atoms. The van der Waals surface area contributed by atoms with Crippen LogP contribution < -0.4 is 0 Å². The third-order valence-electron chi connectivity index (χ3n) is 2.70. The van der Waals surface area contributed by atoms with Gasteiger partial charge in [-0.3, -0.25) is 0 Å². The molecular weight excluding hydrogens is 188 g/mol. The molecule has 0 aliphatic heterocycles. The molecule has 0 aromatic heterocycles. The van der Waals surface area contributed by atoms with E-state index in [1.165, 1.54) is 0 Å². The molecule has 0 heterocycles. The molecule has 2 unspecified atom stereocenters. The standard InChI is InChI=1S/C9H20O5/c1-9(6-13,2-8(14)5-12)7(3-10)4-11/h7-8,10-14H,2-6H2,1H3. The summed E-state index contributed by atoms with van der Waals surface area (Å²) in [6, 6.07) is 0. The summed E-state index contributed by atoms with van der Waals surface area (Å²) in [6.45, 7) is 0.495. The van der Waals surface area contributed by atoms with Gasteiger partial charge in [-0.1, -0.05) is 6.92 Å². The highest BCUT2D eigenvalue weighted by molar-refractivity contribution is 4.83. The molecule has 0 aromatic carbocycles. The van der Waals surface area contributed by atoms with Crippen LogP contribution in [-0.2, 0) is 0 Å². The summed E-state index contributed by atoms with van der Waals surface area (Å²) < 4.78 is 0. The molecule has 5 nitrogen and oxygen atoms in total. The smallest absolute Gasteiger partial charge is 0.0777 e. The van der Waals surface area contributed by atoms with Crippen molar-refractivity contribution in [1.29, 1.82) is 0 Å². The lowest BCUT2D eigenvalue weighted by molar-refractivity contribution is -0.0351. The van der Waals surface area contributed by atoms with Crippen molar-refractivity contribution in [2.24, 2.45) is 11.3 Å². The minimum absolute atomic E-state index is 0.145. The zero-order chi connectivity index (χ0) is 11.2. The molecule has 0 aromatic rings. The molecule has 5 heteroatoms. The van der Waals surface area contributed by atoms with Crippen LogP contribution in [0.15, 0.2) is 0 Å². The van der Waals surface area contributed by atoms with Crippen LogP contribution in [0.1, 0.15) is 13.3 Å². The first kappa shape index (κ1) is 13.8. The Morgan fingerprint density at radius 2 is 1.50 bits per heavy atom. The third-order valence-corrected chi connectivity index (χ3v) is 2.70. The summed E-state index contributed by atoms with van der Waals surface area (Å²) in [5, 5.41) is 45.0. The van der Waals surface area contributed by atoms with E-state index in [2.05, 4.69) is 0 Å². The number of hydrogen-bond acceptors (Lipinski definition) is 5. The van der Waals surface area contributed by atoms with Crippen LogP contribution in [0.25, 0.3) is 0 Å². The van der Waals surface area contributed by atoms with Crippen molar-refractivity contribution in [3.8, 4) is 0 Å². The normalized spacial score (nSPS) is 18.2. The minimum Gasteiger partial charge on any atom is -0.396 e. The summed E-state index contributed by atoms with van der Waals surface area (Å²) in [5.41, 5.74) is -0.772. The minimum atomic E-state index is -0.937. The van der Waals surface area contributed by atoms with E-state index in [0.29, 0.717) is 0 Å². The number of hydrogen-bond donors (Lipinski definition) is 5. The second-order valence-corrected chi connectivity index (χ2v) is 3.91. The van der Waals surface area contributed by atoms with Crippen molar-refractivity contribution in [3.05, 3.63) is 0 Å². The van der Waals surface area contributed by atoms with Gasteiger partial charge in [0, 0.05) is 31.2 Å². The van der Waals surface area contributed by atoms with Gasteiger partial charge in [-0.15, -0.1) is 0 Å². The van der Waals surface area contributed by atoms with E-state index in [-0.39, 0.29) is 32.8 Å². The van der Waals surface area contributed by atoms with Gasteiger partial charge in [-0.05, 0) is 6.42 Å². The molecule has 0 aliphatic rings. The van der Waals surface area contributed by atoms with E-state index in [9.17, 15) is 5.11 Å². The summed E-state index contributed by atoms with van der Waals surface area (Å²) in [5.74, 6) is -0.492. The van der Waals surface area contributed by atoms with Crippen LogP contribution >= 0.6 is 0 Å². The Balaban J connectivity index is 4.43. The van der Waals surface area contributed by atoms with Crippen LogP contribution in [0.3, 0.4) is 0 Å². The Morgan fingerprint density at radius 3 is 1.79 bits per heavy atom. The van der Waals surface area contributed by atoms with Crippen LogP contribution in [0, 0.1) is 11.3 Å². The monoisotopic (exact) mass is 208 g/mol. The fourth-order valence-corrected chi connectivity index (χ4v) is 1.46. The summed E-state index contributed by atoms with van der Waals surface area (Å²) in [7, 11) is 0. The van der Waals surface area contributed by atoms with Crippen molar-refractivity contribution in [2.75, 3.05) is 26.4 Å². The zero-order valence-electron chi connectivity index (χ0n) is 8.43. The van der Waals surface area contributed by atoms with E-state index in [0.717, 1.165) is 0 Å². The van der Waals surface area contributed by atoms with Crippen molar-refractivity contribution in [1.82, 2.24) is 0 Å². The number of aliphatic hydroxyl groups excluding tert-OH is 5. The molecule has 0 saturated heterocycles. The molecule has 0 spiro atoms. The largest absolute Gasteiger partial charge is 0.396 e. The van der Waals surface area contributed by atoms with Crippen molar-refractivity contribution >= 4 is 0 Å². The summed E-state index contributed by atoms with van der Waals surface area (Å²) in [6.07, 6.45) is -0.793. The zero-order valence-corrected chi connectivity index (χ0v) is 8.43. The van der Waals surface area contributed by atoms with Gasteiger partial charge in [0.05, 0.1) is 12.7 Å². The fraction of sp³-hybridized carbons (Fsp3) is 1.00. The van der Waals surface area contributed by atoms with Gasteiger partial charge in [-0.25, -0.2) is 0 Å². The van der Waals surface area contributed by atoms with Gasteiger partial charge >= 0.3 is 0 Å². The first-order valence-corrected chi connectivity index (χ1v) is 4.65. The number of aliphatic hydroxyl groups is 5. The Hall–Kier alpha value is -0.200. The molecule has 0 aliphatic carbocycles. The van der Waals surface area contributed by atoms with Crippen molar-refractivity contribution in [2.45, 2.75) is 19.4 Å². The molecule has 0 bridgehead atoms. The predicted octanol–water partition coefficient (Wildman–Crippen LogP) is -1.67. The number of rotatable bonds is 7. The second-order valence-electron chi connectivity index (χ2n) is 3.91. The van der Waals surface area contributed by atoms with Gasteiger partial charge in [0.15, 0.2) is 0 Å². The van der Waals surface area contributed by atoms with Crippen molar-refractivity contribution in [3.63, 3.8) is 0 Å². The van der Waals surface area contributed by atoms with Gasteiger partial charge in [0.2, 0.25) is 0 Å². The van der Waals surface area contributed by atoms with Gasteiger partial charge in [-0.2, -0.15) is 0 Å². The lowest BCUT2D eigenvalue weighted by Crippen LogP contribution is -2.39. The molecule has 0 radical (unpaired) electrons. The lowest BCUT2D eigenvalue weighted by Gasteiger charge is -2.35. The summed E-state index contributed by atoms with van der Waals surface area (Å²) >= 11 is 0. The highest BCUT2D eigenvalue weighted by atomic mass is 16.3. The Bertz CT molecular complexity index is 148. The van der Waals surface area contributed by atoms with Gasteiger partial charge in [0.1, 0.15) is 0 Å². The van der Waals surface area contributed by atoms with Gasteiger partial charge < -0.3 is 25.5 Å². The molecule has 0 saturated carbocycles. The maximum absolute atomic E-state index is 9.24. The quantitative estimate of drug-likeness (QED) is 0.344. The third kappa shape index (κ3) is 3.51. The maximum atomic E-state index is 9.24. The molecule has 86 valence electrons.